The minimum atomic E-state index is -0.599. The van der Waals surface area contributed by atoms with Crippen molar-refractivity contribution < 1.29 is 9.53 Å². The lowest BCUT2D eigenvalue weighted by Crippen LogP contribution is -2.52. The first-order chi connectivity index (χ1) is 8.92. The van der Waals surface area contributed by atoms with Gasteiger partial charge in [0.05, 0.1) is 7.11 Å². The van der Waals surface area contributed by atoms with Crippen LogP contribution in [0.1, 0.15) is 46.0 Å². The van der Waals surface area contributed by atoms with Crippen molar-refractivity contribution in [3.8, 4) is 0 Å². The Morgan fingerprint density at radius 1 is 1.47 bits per heavy atom. The van der Waals surface area contributed by atoms with Gasteiger partial charge in [-0.1, -0.05) is 12.8 Å². The molecule has 19 heavy (non-hydrogen) atoms. The fourth-order valence-corrected chi connectivity index (χ4v) is 3.04. The molecular formula is C15H30N2O2. The average molecular weight is 270 g/mol. The SMILES string of the molecule is CNC(C)(CC(C)N(C)CC1CCCC1)C(=O)OC. The lowest BCUT2D eigenvalue weighted by molar-refractivity contribution is -0.148. The van der Waals surface area contributed by atoms with Crippen LogP contribution in [0, 0.1) is 5.92 Å². The molecule has 0 heterocycles. The van der Waals surface area contributed by atoms with Crippen LogP contribution in [0.15, 0.2) is 0 Å². The third-order valence-electron chi connectivity index (χ3n) is 4.66. The quantitative estimate of drug-likeness (QED) is 0.719. The standard InChI is InChI=1S/C15H30N2O2/c1-12(10-15(2,16-3)14(18)19-5)17(4)11-13-8-6-7-9-13/h12-13,16H,6-11H2,1-5H3. The number of hydrogen-bond acceptors (Lipinski definition) is 4. The maximum absolute atomic E-state index is 11.9. The Kier molecular flexibility index (Phi) is 6.27. The summed E-state index contributed by atoms with van der Waals surface area (Å²) in [6.45, 7) is 5.24. The lowest BCUT2D eigenvalue weighted by Gasteiger charge is -2.34. The largest absolute Gasteiger partial charge is 0.468 e. The van der Waals surface area contributed by atoms with Crippen molar-refractivity contribution in [1.29, 1.82) is 0 Å². The molecule has 1 fully saturated rings. The van der Waals surface area contributed by atoms with E-state index >= 15 is 0 Å². The topological polar surface area (TPSA) is 41.6 Å². The zero-order valence-corrected chi connectivity index (χ0v) is 13.2. The summed E-state index contributed by atoms with van der Waals surface area (Å²) in [5.74, 6) is 0.655. The highest BCUT2D eigenvalue weighted by Crippen LogP contribution is 2.26. The van der Waals surface area contributed by atoms with E-state index in [4.69, 9.17) is 4.74 Å². The van der Waals surface area contributed by atoms with E-state index in [2.05, 4.69) is 24.2 Å². The molecule has 4 nitrogen and oxygen atoms in total. The molecule has 0 saturated heterocycles. The number of ether oxygens (including phenoxy) is 1. The second kappa shape index (κ2) is 7.25. The average Bonchev–Trinajstić information content (AvgIpc) is 2.90. The monoisotopic (exact) mass is 270 g/mol. The van der Waals surface area contributed by atoms with Crippen molar-refractivity contribution in [3.63, 3.8) is 0 Å². The molecule has 0 bridgehead atoms. The Bertz CT molecular complexity index is 290. The van der Waals surface area contributed by atoms with Gasteiger partial charge in [-0.05, 0) is 53.1 Å². The first-order valence-corrected chi connectivity index (χ1v) is 7.40. The number of carbonyl (C=O) groups excluding carboxylic acids is 1. The fourth-order valence-electron chi connectivity index (χ4n) is 3.04. The summed E-state index contributed by atoms with van der Waals surface area (Å²) in [5, 5.41) is 3.11. The molecule has 0 aromatic heterocycles. The number of hydrogen-bond donors (Lipinski definition) is 1. The zero-order chi connectivity index (χ0) is 14.5. The summed E-state index contributed by atoms with van der Waals surface area (Å²) in [5.41, 5.74) is -0.599. The molecule has 0 aromatic carbocycles. The first-order valence-electron chi connectivity index (χ1n) is 7.40. The Labute approximate surface area is 117 Å². The van der Waals surface area contributed by atoms with Crippen molar-refractivity contribution in [1.82, 2.24) is 10.2 Å². The lowest BCUT2D eigenvalue weighted by atomic mass is 9.92. The number of rotatable bonds is 7. The Hall–Kier alpha value is -0.610. The van der Waals surface area contributed by atoms with Crippen LogP contribution in [0.3, 0.4) is 0 Å². The molecule has 2 unspecified atom stereocenters. The minimum Gasteiger partial charge on any atom is -0.468 e. The molecule has 0 aliphatic heterocycles. The predicted octanol–water partition coefficient (Wildman–Crippen LogP) is 2.04. The van der Waals surface area contributed by atoms with Crippen LogP contribution < -0.4 is 5.32 Å². The molecular weight excluding hydrogens is 240 g/mol. The third-order valence-corrected chi connectivity index (χ3v) is 4.66. The van der Waals surface area contributed by atoms with Crippen LogP contribution in [-0.4, -0.2) is 50.2 Å². The highest BCUT2D eigenvalue weighted by Gasteiger charge is 2.35. The number of likely N-dealkylation sites (N-methyl/N-ethyl adjacent to an activating group) is 1. The molecule has 0 spiro atoms. The Morgan fingerprint density at radius 3 is 2.53 bits per heavy atom. The van der Waals surface area contributed by atoms with Gasteiger partial charge in [0.25, 0.3) is 0 Å². The van der Waals surface area contributed by atoms with E-state index in [0.717, 1.165) is 18.9 Å². The van der Waals surface area contributed by atoms with Crippen molar-refractivity contribution in [3.05, 3.63) is 0 Å². The van der Waals surface area contributed by atoms with Crippen molar-refractivity contribution in [2.45, 2.75) is 57.5 Å². The van der Waals surface area contributed by atoms with Gasteiger partial charge in [-0.3, -0.25) is 4.79 Å². The van der Waals surface area contributed by atoms with Gasteiger partial charge in [0, 0.05) is 12.6 Å². The second-order valence-electron chi connectivity index (χ2n) is 6.22. The summed E-state index contributed by atoms with van der Waals surface area (Å²) in [6.07, 6.45) is 6.24. The summed E-state index contributed by atoms with van der Waals surface area (Å²) < 4.78 is 4.90. The predicted molar refractivity (Wildman–Crippen MR) is 78.1 cm³/mol. The summed E-state index contributed by atoms with van der Waals surface area (Å²) in [4.78, 5) is 14.2. The van der Waals surface area contributed by atoms with Crippen LogP contribution in [0.5, 0.6) is 0 Å². The van der Waals surface area contributed by atoms with Gasteiger partial charge in [0.15, 0.2) is 0 Å². The smallest absolute Gasteiger partial charge is 0.325 e. The van der Waals surface area contributed by atoms with Crippen LogP contribution >= 0.6 is 0 Å². The fraction of sp³-hybridized carbons (Fsp3) is 0.933. The highest BCUT2D eigenvalue weighted by molar-refractivity contribution is 5.80. The summed E-state index contributed by atoms with van der Waals surface area (Å²) in [7, 11) is 5.43. The minimum absolute atomic E-state index is 0.184. The Balaban J connectivity index is 2.50. The molecule has 0 amide bonds. The first kappa shape index (κ1) is 16.4. The molecule has 1 rings (SSSR count). The van der Waals surface area contributed by atoms with Crippen molar-refractivity contribution in [2.24, 2.45) is 5.92 Å². The number of nitrogens with one attached hydrogen (secondary N) is 1. The van der Waals surface area contributed by atoms with Gasteiger partial charge in [0.1, 0.15) is 5.54 Å². The molecule has 2 atom stereocenters. The van der Waals surface area contributed by atoms with Gasteiger partial charge in [0.2, 0.25) is 0 Å². The number of methoxy groups -OCH3 is 1. The Morgan fingerprint density at radius 2 is 2.05 bits per heavy atom. The van der Waals surface area contributed by atoms with E-state index in [9.17, 15) is 4.79 Å². The van der Waals surface area contributed by atoms with Crippen LogP contribution in [0.4, 0.5) is 0 Å². The molecule has 1 N–H and O–H groups in total. The summed E-state index contributed by atoms with van der Waals surface area (Å²) >= 11 is 0. The third kappa shape index (κ3) is 4.46. The highest BCUT2D eigenvalue weighted by atomic mass is 16.5. The number of carbonyl (C=O) groups is 1. The molecule has 4 heteroatoms. The normalized spacial score (nSPS) is 21.4. The van der Waals surface area contributed by atoms with E-state index in [1.165, 1.54) is 32.8 Å². The van der Waals surface area contributed by atoms with E-state index in [-0.39, 0.29) is 5.97 Å². The molecule has 0 aromatic rings. The van der Waals surface area contributed by atoms with E-state index < -0.39 is 5.54 Å². The van der Waals surface area contributed by atoms with Crippen LogP contribution in [-0.2, 0) is 9.53 Å². The zero-order valence-electron chi connectivity index (χ0n) is 13.2. The van der Waals surface area contributed by atoms with Crippen LogP contribution in [0.25, 0.3) is 0 Å². The second-order valence-corrected chi connectivity index (χ2v) is 6.22. The van der Waals surface area contributed by atoms with Crippen LogP contribution in [0.2, 0.25) is 0 Å². The van der Waals surface area contributed by atoms with E-state index in [1.807, 2.05) is 14.0 Å². The van der Waals surface area contributed by atoms with Gasteiger partial charge in [-0.25, -0.2) is 0 Å². The van der Waals surface area contributed by atoms with Gasteiger partial charge < -0.3 is 15.0 Å². The maximum Gasteiger partial charge on any atom is 0.325 e. The molecule has 1 aliphatic rings. The van der Waals surface area contributed by atoms with Crippen molar-refractivity contribution >= 4 is 5.97 Å². The summed E-state index contributed by atoms with van der Waals surface area (Å²) in [6, 6.07) is 0.358. The maximum atomic E-state index is 11.9. The van der Waals surface area contributed by atoms with Gasteiger partial charge in [-0.15, -0.1) is 0 Å². The van der Waals surface area contributed by atoms with Gasteiger partial charge >= 0.3 is 5.97 Å². The molecule has 1 saturated carbocycles. The van der Waals surface area contributed by atoms with E-state index in [0.29, 0.717) is 6.04 Å². The number of nitrogens with zero attached hydrogens (tertiary/aromatic N) is 1. The van der Waals surface area contributed by atoms with Crippen molar-refractivity contribution in [2.75, 3.05) is 27.7 Å². The van der Waals surface area contributed by atoms with Gasteiger partial charge in [-0.2, -0.15) is 0 Å². The molecule has 112 valence electrons. The number of esters is 1. The molecule has 0 radical (unpaired) electrons. The van der Waals surface area contributed by atoms with E-state index in [1.54, 1.807) is 0 Å². The molecule has 1 aliphatic carbocycles.